The topological polar surface area (TPSA) is 132 Å². The minimum atomic E-state index is -0.655. The van der Waals surface area contributed by atoms with Crippen molar-refractivity contribution in [3.8, 4) is 0 Å². The lowest BCUT2D eigenvalue weighted by molar-refractivity contribution is -0.154. The fourth-order valence-electron chi connectivity index (χ4n) is 4.53. The van der Waals surface area contributed by atoms with Crippen molar-refractivity contribution in [1.82, 2.24) is 15.0 Å². The quantitative estimate of drug-likeness (QED) is 0.234. The van der Waals surface area contributed by atoms with E-state index in [9.17, 15) is 14.4 Å². The van der Waals surface area contributed by atoms with Gasteiger partial charge in [-0.1, -0.05) is 63.2 Å². The highest BCUT2D eigenvalue weighted by Gasteiger charge is 2.22. The predicted octanol–water partition coefficient (Wildman–Crippen LogP) is 5.74. The van der Waals surface area contributed by atoms with Gasteiger partial charge in [-0.2, -0.15) is 4.98 Å². The van der Waals surface area contributed by atoms with Crippen LogP contribution in [0.25, 0.3) is 22.7 Å². The van der Waals surface area contributed by atoms with Gasteiger partial charge in [0.25, 0.3) is 5.56 Å². The number of nitrogens with zero attached hydrogens (tertiary/aromatic N) is 2. The molecular formula is C34H36N4O6. The lowest BCUT2D eigenvalue weighted by atomic mass is 9.96. The average Bonchev–Trinajstić information content (AvgIpc) is 3.03. The monoisotopic (exact) mass is 596 g/mol. The molecule has 0 saturated carbocycles. The number of amides is 1. The van der Waals surface area contributed by atoms with Crippen molar-refractivity contribution in [2.75, 3.05) is 18.5 Å². The van der Waals surface area contributed by atoms with Crippen molar-refractivity contribution in [2.45, 2.75) is 52.9 Å². The third-order valence-electron chi connectivity index (χ3n) is 7.10. The van der Waals surface area contributed by atoms with E-state index in [1.165, 1.54) is 0 Å². The number of anilines is 1. The Labute approximate surface area is 255 Å². The molecule has 2 aromatic carbocycles. The number of aromatic amines is 1. The number of hydrogen-bond acceptors (Lipinski definition) is 8. The normalized spacial score (nSPS) is 15.6. The number of pyridine rings is 1. The molecule has 10 heteroatoms. The van der Waals surface area contributed by atoms with Crippen LogP contribution in [0.2, 0.25) is 0 Å². The second-order valence-electron chi connectivity index (χ2n) is 11.7. The number of aromatic nitrogens is 3. The van der Waals surface area contributed by atoms with Gasteiger partial charge in [-0.15, -0.1) is 0 Å². The van der Waals surface area contributed by atoms with E-state index in [1.54, 1.807) is 45.2 Å². The van der Waals surface area contributed by atoms with Crippen molar-refractivity contribution in [3.63, 3.8) is 0 Å². The number of ether oxygens (including phenoxy) is 3. The van der Waals surface area contributed by atoms with Gasteiger partial charge < -0.3 is 14.2 Å². The molecule has 1 fully saturated rings. The van der Waals surface area contributed by atoms with Gasteiger partial charge >= 0.3 is 5.97 Å². The summed E-state index contributed by atoms with van der Waals surface area (Å²) in [7, 11) is 0. The van der Waals surface area contributed by atoms with Crippen LogP contribution < -0.4 is 10.9 Å². The average molecular weight is 597 g/mol. The number of carbonyl (C=O) groups is 2. The van der Waals surface area contributed by atoms with Gasteiger partial charge in [0.1, 0.15) is 6.61 Å². The first-order valence-electron chi connectivity index (χ1n) is 14.6. The van der Waals surface area contributed by atoms with Gasteiger partial charge in [-0.3, -0.25) is 19.9 Å². The summed E-state index contributed by atoms with van der Waals surface area (Å²) in [5.41, 5.74) is 2.77. The summed E-state index contributed by atoms with van der Waals surface area (Å²) in [6, 6.07) is 18.3. The molecule has 5 rings (SSSR count). The number of hydrogen-bond donors (Lipinski definition) is 2. The number of benzene rings is 2. The largest absolute Gasteiger partial charge is 0.457 e. The van der Waals surface area contributed by atoms with Crippen LogP contribution in [0, 0.1) is 5.41 Å². The summed E-state index contributed by atoms with van der Waals surface area (Å²) in [5.74, 6) is -0.648. The highest BCUT2D eigenvalue weighted by molar-refractivity contribution is 5.94. The highest BCUT2D eigenvalue weighted by Crippen LogP contribution is 2.24. The zero-order chi connectivity index (χ0) is 31.1. The fraction of sp³-hybridized carbons (Fsp3) is 0.324. The van der Waals surface area contributed by atoms with Gasteiger partial charge in [0.15, 0.2) is 11.9 Å². The molecule has 2 N–H and O–H groups in total. The molecule has 1 aliphatic heterocycles. The van der Waals surface area contributed by atoms with Crippen LogP contribution in [0.3, 0.4) is 0 Å². The fourth-order valence-corrected chi connectivity index (χ4v) is 4.53. The van der Waals surface area contributed by atoms with Crippen LogP contribution in [-0.4, -0.2) is 46.3 Å². The molecule has 3 heterocycles. The summed E-state index contributed by atoms with van der Waals surface area (Å²) in [6.07, 6.45) is 6.04. The molecule has 1 aliphatic rings. The Hall–Kier alpha value is -4.67. The van der Waals surface area contributed by atoms with Crippen LogP contribution in [0.1, 0.15) is 67.1 Å². The molecule has 0 spiro atoms. The molecule has 1 unspecified atom stereocenters. The third-order valence-corrected chi connectivity index (χ3v) is 7.10. The van der Waals surface area contributed by atoms with Crippen molar-refractivity contribution in [2.24, 2.45) is 5.41 Å². The number of rotatable bonds is 9. The van der Waals surface area contributed by atoms with Crippen molar-refractivity contribution in [1.29, 1.82) is 0 Å². The summed E-state index contributed by atoms with van der Waals surface area (Å²) >= 11 is 0. The lowest BCUT2D eigenvalue weighted by Gasteiger charge is -2.23. The molecule has 1 saturated heterocycles. The lowest BCUT2D eigenvalue weighted by Crippen LogP contribution is -2.29. The second-order valence-corrected chi connectivity index (χ2v) is 11.7. The van der Waals surface area contributed by atoms with Crippen LogP contribution in [0.4, 0.5) is 5.95 Å². The van der Waals surface area contributed by atoms with E-state index >= 15 is 0 Å². The standard InChI is InChI=1S/C34H36N4O6/c1-34(2,3)32(41)38-33-36-29-27(30(39)37-33)18-23(19-35-29)17-26(21-43-28-11-7-8-16-42-28)24-12-14-25(15-13-24)31(40)44-20-22-9-5-4-6-10-22/h4-6,9-10,12-15,17-19,28H,7-8,11,16,20-21H2,1-3H3,(H2,35,36,37,38,39,41)/b26-17+. The molecule has 1 amide bonds. The molecule has 228 valence electrons. The Morgan fingerprint density at radius 1 is 1.07 bits per heavy atom. The third kappa shape index (κ3) is 8.03. The molecule has 0 radical (unpaired) electrons. The maximum atomic E-state index is 12.9. The molecular weight excluding hydrogens is 560 g/mol. The minimum absolute atomic E-state index is 0.0437. The van der Waals surface area contributed by atoms with Gasteiger partial charge in [0, 0.05) is 18.2 Å². The highest BCUT2D eigenvalue weighted by atomic mass is 16.7. The van der Waals surface area contributed by atoms with E-state index < -0.39 is 16.9 Å². The molecule has 10 nitrogen and oxygen atoms in total. The predicted molar refractivity (Wildman–Crippen MR) is 168 cm³/mol. The first kappa shape index (κ1) is 30.8. The Morgan fingerprint density at radius 3 is 2.52 bits per heavy atom. The van der Waals surface area contributed by atoms with Crippen LogP contribution in [-0.2, 0) is 25.6 Å². The van der Waals surface area contributed by atoms with Crippen molar-refractivity contribution in [3.05, 3.63) is 99.5 Å². The van der Waals surface area contributed by atoms with Crippen LogP contribution >= 0.6 is 0 Å². The number of carbonyl (C=O) groups excluding carboxylic acids is 2. The van der Waals surface area contributed by atoms with Gasteiger partial charge in [0.2, 0.25) is 11.9 Å². The summed E-state index contributed by atoms with van der Waals surface area (Å²) in [5, 5.41) is 2.92. The van der Waals surface area contributed by atoms with E-state index in [1.807, 2.05) is 48.5 Å². The molecule has 0 bridgehead atoms. The SMILES string of the molecule is CC(C)(C)C(=O)Nc1nc2ncc(/C=C(\COC3CCCCO3)c3ccc(C(=O)OCc4ccccc4)cc3)cc2c(=O)[nH]1. The number of fused-ring (bicyclic) bond motifs is 1. The van der Waals surface area contributed by atoms with E-state index in [0.29, 0.717) is 17.7 Å². The smallest absolute Gasteiger partial charge is 0.338 e. The second kappa shape index (κ2) is 13.7. The first-order valence-corrected chi connectivity index (χ1v) is 14.6. The molecule has 0 aliphatic carbocycles. The van der Waals surface area contributed by atoms with Crippen LogP contribution in [0.15, 0.2) is 71.7 Å². The Kier molecular flexibility index (Phi) is 9.62. The summed E-state index contributed by atoms with van der Waals surface area (Å²) in [6.45, 7) is 6.40. The van der Waals surface area contributed by atoms with E-state index in [-0.39, 0.29) is 42.4 Å². The number of esters is 1. The Bertz CT molecular complexity index is 1700. The van der Waals surface area contributed by atoms with Crippen molar-refractivity contribution < 1.29 is 23.8 Å². The maximum absolute atomic E-state index is 12.9. The molecule has 44 heavy (non-hydrogen) atoms. The van der Waals surface area contributed by atoms with E-state index in [4.69, 9.17) is 14.2 Å². The van der Waals surface area contributed by atoms with Gasteiger partial charge in [-0.25, -0.2) is 9.78 Å². The molecule has 1 atom stereocenters. The van der Waals surface area contributed by atoms with E-state index in [2.05, 4.69) is 20.3 Å². The summed E-state index contributed by atoms with van der Waals surface area (Å²) in [4.78, 5) is 49.3. The first-order chi connectivity index (χ1) is 21.2. The maximum Gasteiger partial charge on any atom is 0.338 e. The Morgan fingerprint density at radius 2 is 1.82 bits per heavy atom. The molecule has 2 aromatic heterocycles. The zero-order valence-corrected chi connectivity index (χ0v) is 25.1. The van der Waals surface area contributed by atoms with Crippen molar-refractivity contribution >= 4 is 40.5 Å². The van der Waals surface area contributed by atoms with Crippen LogP contribution in [0.5, 0.6) is 0 Å². The number of nitrogens with one attached hydrogen (secondary N) is 2. The van der Waals surface area contributed by atoms with Gasteiger partial charge in [-0.05, 0) is 65.8 Å². The number of H-pyrrole nitrogens is 1. The van der Waals surface area contributed by atoms with E-state index in [0.717, 1.165) is 36.0 Å². The van der Waals surface area contributed by atoms with Gasteiger partial charge in [0.05, 0.1) is 17.6 Å². The molecule has 4 aromatic rings. The Balaban J connectivity index is 1.38. The summed E-state index contributed by atoms with van der Waals surface area (Å²) < 4.78 is 17.3. The zero-order valence-electron chi connectivity index (χ0n) is 25.1. The minimum Gasteiger partial charge on any atom is -0.457 e.